The zero-order valence-corrected chi connectivity index (χ0v) is 11.9. The molecule has 1 N–H and O–H groups in total. The summed E-state index contributed by atoms with van der Waals surface area (Å²) < 4.78 is 1.64. The van der Waals surface area contributed by atoms with Gasteiger partial charge in [0.2, 0.25) is 5.91 Å². The highest BCUT2D eigenvalue weighted by Crippen LogP contribution is 2.31. The Morgan fingerprint density at radius 1 is 1.58 bits per heavy atom. The highest BCUT2D eigenvalue weighted by atomic mass is 32.2. The maximum Gasteiger partial charge on any atom is 0.254 e. The molecule has 6 heteroatoms. The van der Waals surface area contributed by atoms with Crippen LogP contribution in [-0.2, 0) is 4.79 Å². The second-order valence-corrected chi connectivity index (χ2v) is 5.65. The van der Waals surface area contributed by atoms with E-state index >= 15 is 0 Å². The summed E-state index contributed by atoms with van der Waals surface area (Å²) in [4.78, 5) is 27.8. The fourth-order valence-electron chi connectivity index (χ4n) is 2.13. The van der Waals surface area contributed by atoms with Crippen LogP contribution in [0.15, 0.2) is 22.2 Å². The fourth-order valence-corrected chi connectivity index (χ4v) is 3.25. The van der Waals surface area contributed by atoms with Gasteiger partial charge in [-0.3, -0.25) is 14.2 Å². The lowest BCUT2D eigenvalue weighted by atomic mass is 10.2. The molecule has 0 fully saturated rings. The van der Waals surface area contributed by atoms with Gasteiger partial charge < -0.3 is 5.32 Å². The van der Waals surface area contributed by atoms with Gasteiger partial charge in [0.25, 0.3) is 5.56 Å². The molecule has 1 amide bonds. The molecule has 0 bridgehead atoms. The number of amides is 1. The molecule has 2 rings (SSSR count). The summed E-state index contributed by atoms with van der Waals surface area (Å²) in [5, 5.41) is 3.63. The van der Waals surface area contributed by atoms with Crippen molar-refractivity contribution in [2.75, 3.05) is 12.3 Å². The molecule has 1 aromatic heterocycles. The van der Waals surface area contributed by atoms with Gasteiger partial charge in [-0.15, -0.1) is 0 Å². The zero-order chi connectivity index (χ0) is 13.7. The Hall–Kier alpha value is -1.30. The number of hydrogen-bond donors (Lipinski definition) is 1. The van der Waals surface area contributed by atoms with Crippen LogP contribution in [0.5, 0.6) is 0 Å². The average Bonchev–Trinajstić information content (AvgIpc) is 2.79. The van der Waals surface area contributed by atoms with E-state index in [9.17, 15) is 9.59 Å². The van der Waals surface area contributed by atoms with E-state index in [-0.39, 0.29) is 17.5 Å². The van der Waals surface area contributed by atoms with Crippen LogP contribution < -0.4 is 10.9 Å². The van der Waals surface area contributed by atoms with Crippen LogP contribution in [0.4, 0.5) is 0 Å². The van der Waals surface area contributed by atoms with Gasteiger partial charge in [0.05, 0.1) is 6.04 Å². The summed E-state index contributed by atoms with van der Waals surface area (Å²) in [5.74, 6) is 0.763. The van der Waals surface area contributed by atoms with Crippen molar-refractivity contribution in [2.24, 2.45) is 0 Å². The molecule has 0 spiro atoms. The number of nitrogens with one attached hydrogen (secondary N) is 1. The second kappa shape index (κ2) is 6.75. The molecule has 0 saturated carbocycles. The summed E-state index contributed by atoms with van der Waals surface area (Å²) in [6.07, 6.45) is 5.17. The maximum absolute atomic E-state index is 11.8. The monoisotopic (exact) mass is 281 g/mol. The molecule has 5 nitrogen and oxygen atoms in total. The summed E-state index contributed by atoms with van der Waals surface area (Å²) in [6.45, 7) is 2.86. The zero-order valence-electron chi connectivity index (χ0n) is 11.1. The molecule has 0 radical (unpaired) electrons. The average molecular weight is 281 g/mol. The SMILES string of the molecule is CCCCCNC(=O)CC1CSc2nccc(=O)n21. The number of carbonyl (C=O) groups excluding carboxylic acids is 1. The first kappa shape index (κ1) is 14.1. The van der Waals surface area contributed by atoms with Crippen LogP contribution in [0.3, 0.4) is 0 Å². The molecule has 1 atom stereocenters. The van der Waals surface area contributed by atoms with Crippen LogP contribution in [-0.4, -0.2) is 27.8 Å². The van der Waals surface area contributed by atoms with Gasteiger partial charge in [-0.25, -0.2) is 4.98 Å². The van der Waals surface area contributed by atoms with E-state index in [0.717, 1.165) is 36.7 Å². The number of carbonyl (C=O) groups is 1. The molecule has 19 heavy (non-hydrogen) atoms. The summed E-state index contributed by atoms with van der Waals surface area (Å²) in [7, 11) is 0. The number of fused-ring (bicyclic) bond motifs is 1. The molecule has 2 heterocycles. The molecule has 1 unspecified atom stereocenters. The summed E-state index contributed by atoms with van der Waals surface area (Å²) in [5.41, 5.74) is -0.0706. The Bertz CT molecular complexity index is 501. The predicted molar refractivity (Wildman–Crippen MR) is 75.4 cm³/mol. The van der Waals surface area contributed by atoms with Gasteiger partial charge in [0, 0.05) is 31.0 Å². The number of rotatable bonds is 6. The van der Waals surface area contributed by atoms with Crippen LogP contribution in [0.2, 0.25) is 0 Å². The van der Waals surface area contributed by atoms with Crippen LogP contribution in [0.1, 0.15) is 38.6 Å². The molecule has 0 saturated heterocycles. The standard InChI is InChI=1S/C13H19N3O2S/c1-2-3-4-6-14-11(17)8-10-9-19-13-15-7-5-12(18)16(10)13/h5,7,10H,2-4,6,8-9H2,1H3,(H,14,17). The molecular formula is C13H19N3O2S. The lowest BCUT2D eigenvalue weighted by Gasteiger charge is -2.12. The van der Waals surface area contributed by atoms with Crippen molar-refractivity contribution >= 4 is 17.7 Å². The van der Waals surface area contributed by atoms with E-state index in [0.29, 0.717) is 6.42 Å². The van der Waals surface area contributed by atoms with Gasteiger partial charge >= 0.3 is 0 Å². The third kappa shape index (κ3) is 3.59. The van der Waals surface area contributed by atoms with Crippen molar-refractivity contribution in [2.45, 2.75) is 43.8 Å². The lowest BCUT2D eigenvalue weighted by molar-refractivity contribution is -0.121. The van der Waals surface area contributed by atoms with E-state index in [4.69, 9.17) is 0 Å². The smallest absolute Gasteiger partial charge is 0.254 e. The van der Waals surface area contributed by atoms with Gasteiger partial charge in [0.15, 0.2) is 5.16 Å². The Kier molecular flexibility index (Phi) is 5.01. The van der Waals surface area contributed by atoms with Gasteiger partial charge in [-0.1, -0.05) is 31.5 Å². The van der Waals surface area contributed by atoms with E-state index in [1.807, 2.05) is 0 Å². The number of aromatic nitrogens is 2. The van der Waals surface area contributed by atoms with E-state index < -0.39 is 0 Å². The normalized spacial score (nSPS) is 17.2. The van der Waals surface area contributed by atoms with Crippen molar-refractivity contribution in [3.05, 3.63) is 22.6 Å². The van der Waals surface area contributed by atoms with Crippen molar-refractivity contribution < 1.29 is 4.79 Å². The topological polar surface area (TPSA) is 64.0 Å². The first-order valence-electron chi connectivity index (χ1n) is 6.69. The third-order valence-corrected chi connectivity index (χ3v) is 4.25. The summed E-state index contributed by atoms with van der Waals surface area (Å²) in [6, 6.07) is 1.38. The Balaban J connectivity index is 1.89. The van der Waals surface area contributed by atoms with Crippen molar-refractivity contribution in [1.82, 2.24) is 14.9 Å². The van der Waals surface area contributed by atoms with Crippen molar-refractivity contribution in [3.8, 4) is 0 Å². The second-order valence-electron chi connectivity index (χ2n) is 4.66. The van der Waals surface area contributed by atoms with Crippen molar-refractivity contribution in [3.63, 3.8) is 0 Å². The first-order chi connectivity index (χ1) is 9.22. The molecule has 1 aromatic rings. The van der Waals surface area contributed by atoms with Crippen LogP contribution >= 0.6 is 11.8 Å². The lowest BCUT2D eigenvalue weighted by Crippen LogP contribution is -2.30. The quantitative estimate of drug-likeness (QED) is 0.635. The fraction of sp³-hybridized carbons (Fsp3) is 0.615. The number of thioether (sulfide) groups is 1. The van der Waals surface area contributed by atoms with Gasteiger partial charge in [0.1, 0.15) is 0 Å². The molecule has 0 aromatic carbocycles. The maximum atomic E-state index is 11.8. The van der Waals surface area contributed by atoms with Crippen LogP contribution in [0, 0.1) is 0 Å². The number of unbranched alkanes of at least 4 members (excludes halogenated alkanes) is 2. The van der Waals surface area contributed by atoms with E-state index in [1.165, 1.54) is 24.0 Å². The molecule has 1 aliphatic heterocycles. The van der Waals surface area contributed by atoms with Crippen LogP contribution in [0.25, 0.3) is 0 Å². The largest absolute Gasteiger partial charge is 0.356 e. The molecule has 104 valence electrons. The van der Waals surface area contributed by atoms with Gasteiger partial charge in [-0.05, 0) is 6.42 Å². The molecule has 0 aliphatic carbocycles. The Morgan fingerprint density at radius 3 is 3.21 bits per heavy atom. The van der Waals surface area contributed by atoms with Gasteiger partial charge in [-0.2, -0.15) is 0 Å². The minimum atomic E-state index is -0.0706. The molecule has 1 aliphatic rings. The summed E-state index contributed by atoms with van der Waals surface area (Å²) >= 11 is 1.54. The first-order valence-corrected chi connectivity index (χ1v) is 7.68. The number of nitrogens with zero attached hydrogens (tertiary/aromatic N) is 2. The highest BCUT2D eigenvalue weighted by molar-refractivity contribution is 7.99. The number of hydrogen-bond acceptors (Lipinski definition) is 4. The predicted octanol–water partition coefficient (Wildman–Crippen LogP) is 1.59. The Morgan fingerprint density at radius 2 is 2.42 bits per heavy atom. The third-order valence-electron chi connectivity index (χ3n) is 3.14. The van der Waals surface area contributed by atoms with E-state index in [2.05, 4.69) is 17.2 Å². The van der Waals surface area contributed by atoms with E-state index in [1.54, 1.807) is 4.57 Å². The Labute approximate surface area is 116 Å². The minimum Gasteiger partial charge on any atom is -0.356 e. The molecular weight excluding hydrogens is 262 g/mol. The van der Waals surface area contributed by atoms with Crippen molar-refractivity contribution in [1.29, 1.82) is 0 Å². The highest BCUT2D eigenvalue weighted by Gasteiger charge is 2.26. The minimum absolute atomic E-state index is 0.0188.